The number of carbonyl (C=O) groups excluding carboxylic acids is 1. The van der Waals surface area contributed by atoms with E-state index in [4.69, 9.17) is 23.7 Å². The lowest BCUT2D eigenvalue weighted by Gasteiger charge is -2.22. The Kier molecular flexibility index (Phi) is 7.45. The van der Waals surface area contributed by atoms with Gasteiger partial charge >= 0.3 is 0 Å². The normalized spacial score (nSPS) is 15.2. The molecule has 172 valence electrons. The number of rotatable bonds is 9. The lowest BCUT2D eigenvalue weighted by molar-refractivity contribution is -0.130. The third-order valence-corrected chi connectivity index (χ3v) is 5.27. The summed E-state index contributed by atoms with van der Waals surface area (Å²) in [6.07, 6.45) is 1.41. The molecule has 1 aliphatic heterocycles. The summed E-state index contributed by atoms with van der Waals surface area (Å²) in [6, 6.07) is 9.12. The van der Waals surface area contributed by atoms with E-state index < -0.39 is 0 Å². The van der Waals surface area contributed by atoms with E-state index in [2.05, 4.69) is 5.10 Å². The average molecular weight is 443 g/mol. The van der Waals surface area contributed by atoms with Gasteiger partial charge in [0.05, 0.1) is 46.8 Å². The van der Waals surface area contributed by atoms with Gasteiger partial charge in [-0.3, -0.25) is 4.79 Å². The zero-order chi connectivity index (χ0) is 23.3. The Morgan fingerprint density at radius 3 is 2.16 bits per heavy atom. The lowest BCUT2D eigenvalue weighted by atomic mass is 9.97. The van der Waals surface area contributed by atoms with Crippen LogP contribution in [0, 0.1) is 0 Å². The van der Waals surface area contributed by atoms with Crippen LogP contribution in [0.25, 0.3) is 0 Å². The number of hydrogen-bond donors (Lipinski definition) is 0. The molecular weight excluding hydrogens is 412 g/mol. The molecule has 0 bridgehead atoms. The molecule has 1 atom stereocenters. The molecule has 0 aliphatic carbocycles. The highest BCUT2D eigenvalue weighted by molar-refractivity contribution is 6.04. The van der Waals surface area contributed by atoms with Gasteiger partial charge < -0.3 is 23.7 Å². The van der Waals surface area contributed by atoms with Crippen molar-refractivity contribution in [1.29, 1.82) is 0 Å². The Morgan fingerprint density at radius 1 is 0.969 bits per heavy atom. The van der Waals surface area contributed by atoms with E-state index in [0.717, 1.165) is 23.3 Å². The van der Waals surface area contributed by atoms with E-state index in [9.17, 15) is 4.79 Å². The molecule has 0 spiro atoms. The molecule has 0 fully saturated rings. The van der Waals surface area contributed by atoms with Crippen molar-refractivity contribution >= 4 is 11.6 Å². The third kappa shape index (κ3) is 4.59. The summed E-state index contributed by atoms with van der Waals surface area (Å²) in [6.45, 7) is 4.13. The zero-order valence-corrected chi connectivity index (χ0v) is 19.4. The topological polar surface area (TPSA) is 78.8 Å². The van der Waals surface area contributed by atoms with Crippen LogP contribution in [0.4, 0.5) is 0 Å². The smallest absolute Gasteiger partial charge is 0.240 e. The van der Waals surface area contributed by atoms with Gasteiger partial charge in [-0.15, -0.1) is 0 Å². The summed E-state index contributed by atoms with van der Waals surface area (Å²) in [5, 5.41) is 6.14. The highest BCUT2D eigenvalue weighted by Crippen LogP contribution is 2.41. The first-order valence-corrected chi connectivity index (χ1v) is 10.5. The average Bonchev–Trinajstić information content (AvgIpc) is 3.27. The Labute approximate surface area is 188 Å². The van der Waals surface area contributed by atoms with Gasteiger partial charge in [-0.1, -0.05) is 13.0 Å². The molecule has 3 rings (SSSR count). The Bertz CT molecular complexity index is 979. The van der Waals surface area contributed by atoms with Crippen molar-refractivity contribution in [2.45, 2.75) is 32.7 Å². The Hall–Kier alpha value is -3.42. The standard InChI is InChI=1S/C24H30N2O6/c1-7-10-32-21-11-16(8-9-20(21)28-3)19-14-18(25-26(19)15(2)27)17-12-22(29-4)24(31-6)23(13-17)30-5/h8-9,11-13,19H,7,10,14H2,1-6H3. The molecule has 1 aliphatic rings. The van der Waals surface area contributed by atoms with Crippen LogP contribution in [-0.2, 0) is 4.79 Å². The summed E-state index contributed by atoms with van der Waals surface area (Å²) in [7, 11) is 6.30. The fourth-order valence-electron chi connectivity index (χ4n) is 3.71. The largest absolute Gasteiger partial charge is 0.493 e. The van der Waals surface area contributed by atoms with E-state index >= 15 is 0 Å². The second kappa shape index (κ2) is 10.3. The first-order chi connectivity index (χ1) is 15.5. The summed E-state index contributed by atoms with van der Waals surface area (Å²) in [4.78, 5) is 12.4. The maximum Gasteiger partial charge on any atom is 0.240 e. The quantitative estimate of drug-likeness (QED) is 0.579. The first-order valence-electron chi connectivity index (χ1n) is 10.5. The van der Waals surface area contributed by atoms with Crippen LogP contribution in [0.2, 0.25) is 0 Å². The number of hydrazone groups is 1. The Balaban J connectivity index is 1.99. The number of amides is 1. The van der Waals surface area contributed by atoms with E-state index in [-0.39, 0.29) is 11.9 Å². The summed E-state index contributed by atoms with van der Waals surface area (Å²) >= 11 is 0. The molecule has 0 saturated heterocycles. The van der Waals surface area contributed by atoms with Crippen molar-refractivity contribution in [3.05, 3.63) is 41.5 Å². The SMILES string of the molecule is CCCOc1cc(C2CC(c3cc(OC)c(OC)c(OC)c3)=NN2C(C)=O)ccc1OC. The van der Waals surface area contributed by atoms with Crippen LogP contribution in [0.1, 0.15) is 43.9 Å². The van der Waals surface area contributed by atoms with Crippen LogP contribution >= 0.6 is 0 Å². The number of methoxy groups -OCH3 is 4. The third-order valence-electron chi connectivity index (χ3n) is 5.27. The van der Waals surface area contributed by atoms with E-state index in [0.29, 0.717) is 41.8 Å². The van der Waals surface area contributed by atoms with E-state index in [1.165, 1.54) is 11.9 Å². The minimum absolute atomic E-state index is 0.149. The Morgan fingerprint density at radius 2 is 1.62 bits per heavy atom. The van der Waals surface area contributed by atoms with E-state index in [1.54, 1.807) is 28.4 Å². The lowest BCUT2D eigenvalue weighted by Crippen LogP contribution is -2.24. The van der Waals surface area contributed by atoms with Crippen molar-refractivity contribution < 1.29 is 28.5 Å². The highest BCUT2D eigenvalue weighted by atomic mass is 16.5. The molecule has 0 radical (unpaired) electrons. The molecule has 1 unspecified atom stereocenters. The summed E-state index contributed by atoms with van der Waals surface area (Å²) in [5.41, 5.74) is 2.46. The first kappa shape index (κ1) is 23.2. The summed E-state index contributed by atoms with van der Waals surface area (Å²) < 4.78 is 27.6. The van der Waals surface area contributed by atoms with Crippen molar-refractivity contribution in [1.82, 2.24) is 5.01 Å². The maximum atomic E-state index is 12.4. The second-order valence-electron chi connectivity index (χ2n) is 7.30. The van der Waals surface area contributed by atoms with Gasteiger partial charge in [0.15, 0.2) is 23.0 Å². The van der Waals surface area contributed by atoms with Gasteiger partial charge in [-0.25, -0.2) is 5.01 Å². The van der Waals surface area contributed by atoms with Crippen molar-refractivity contribution in [3.8, 4) is 28.7 Å². The van der Waals surface area contributed by atoms with Crippen LogP contribution in [0.5, 0.6) is 28.7 Å². The van der Waals surface area contributed by atoms with Crippen molar-refractivity contribution in [3.63, 3.8) is 0 Å². The minimum atomic E-state index is -0.267. The van der Waals surface area contributed by atoms with Crippen LogP contribution < -0.4 is 23.7 Å². The minimum Gasteiger partial charge on any atom is -0.493 e. The molecule has 1 amide bonds. The number of ether oxygens (including phenoxy) is 5. The molecule has 0 saturated carbocycles. The fraction of sp³-hybridized carbons (Fsp3) is 0.417. The predicted octanol–water partition coefficient (Wildman–Crippen LogP) is 4.21. The molecule has 32 heavy (non-hydrogen) atoms. The number of carbonyl (C=O) groups is 1. The van der Waals surface area contributed by atoms with E-state index in [1.807, 2.05) is 37.3 Å². The van der Waals surface area contributed by atoms with Crippen LogP contribution in [0.3, 0.4) is 0 Å². The molecule has 0 aromatic heterocycles. The zero-order valence-electron chi connectivity index (χ0n) is 19.4. The van der Waals surface area contributed by atoms with Gasteiger partial charge in [0.1, 0.15) is 0 Å². The van der Waals surface area contributed by atoms with Gasteiger partial charge in [0.25, 0.3) is 0 Å². The van der Waals surface area contributed by atoms with Crippen LogP contribution in [-0.4, -0.2) is 51.7 Å². The van der Waals surface area contributed by atoms with Gasteiger partial charge in [0.2, 0.25) is 11.7 Å². The van der Waals surface area contributed by atoms with Gasteiger partial charge in [-0.2, -0.15) is 5.10 Å². The fourth-order valence-corrected chi connectivity index (χ4v) is 3.71. The van der Waals surface area contributed by atoms with Crippen molar-refractivity contribution in [2.75, 3.05) is 35.0 Å². The molecular formula is C24H30N2O6. The molecule has 0 N–H and O–H groups in total. The predicted molar refractivity (Wildman–Crippen MR) is 121 cm³/mol. The molecule has 8 nitrogen and oxygen atoms in total. The molecule has 2 aromatic rings. The number of benzene rings is 2. The highest BCUT2D eigenvalue weighted by Gasteiger charge is 2.33. The summed E-state index contributed by atoms with van der Waals surface area (Å²) in [5.74, 6) is 2.72. The number of hydrogen-bond acceptors (Lipinski definition) is 7. The number of nitrogens with zero attached hydrogens (tertiary/aromatic N) is 2. The van der Waals surface area contributed by atoms with Crippen molar-refractivity contribution in [2.24, 2.45) is 5.10 Å². The molecule has 2 aromatic carbocycles. The second-order valence-corrected chi connectivity index (χ2v) is 7.30. The van der Waals surface area contributed by atoms with Gasteiger partial charge in [0, 0.05) is 18.9 Å². The van der Waals surface area contributed by atoms with Gasteiger partial charge in [-0.05, 0) is 36.2 Å². The monoisotopic (exact) mass is 442 g/mol. The molecule has 8 heteroatoms. The maximum absolute atomic E-state index is 12.4. The molecule has 1 heterocycles. The van der Waals surface area contributed by atoms with Crippen LogP contribution in [0.15, 0.2) is 35.4 Å².